The SMILES string of the molecule is CCNc1ccc(Cl)c(C(=O)Nc2ncccn2)n1. The summed E-state index contributed by atoms with van der Waals surface area (Å²) in [6.45, 7) is 2.64. The first-order valence-corrected chi connectivity index (χ1v) is 6.07. The average molecular weight is 278 g/mol. The van der Waals surface area contributed by atoms with Gasteiger partial charge in [-0.1, -0.05) is 11.6 Å². The molecule has 0 aliphatic heterocycles. The summed E-state index contributed by atoms with van der Waals surface area (Å²) in [5.41, 5.74) is 0.132. The zero-order valence-corrected chi connectivity index (χ0v) is 11.0. The van der Waals surface area contributed by atoms with Crippen molar-refractivity contribution in [1.82, 2.24) is 15.0 Å². The average Bonchev–Trinajstić information content (AvgIpc) is 2.42. The lowest BCUT2D eigenvalue weighted by Gasteiger charge is -2.07. The number of hydrogen-bond acceptors (Lipinski definition) is 5. The second-order valence-corrected chi connectivity index (χ2v) is 3.99. The Morgan fingerprint density at radius 1 is 1.32 bits per heavy atom. The van der Waals surface area contributed by atoms with E-state index < -0.39 is 5.91 Å². The summed E-state index contributed by atoms with van der Waals surface area (Å²) in [5.74, 6) is 0.348. The quantitative estimate of drug-likeness (QED) is 0.896. The number of hydrogen-bond donors (Lipinski definition) is 2. The maximum atomic E-state index is 12.0. The number of aromatic nitrogens is 3. The van der Waals surface area contributed by atoms with Crippen LogP contribution in [0.4, 0.5) is 11.8 Å². The molecule has 0 unspecified atom stereocenters. The van der Waals surface area contributed by atoms with E-state index in [0.29, 0.717) is 12.4 Å². The number of rotatable bonds is 4. The largest absolute Gasteiger partial charge is 0.370 e. The lowest BCUT2D eigenvalue weighted by atomic mass is 10.3. The molecule has 2 heterocycles. The van der Waals surface area contributed by atoms with Crippen LogP contribution in [0.15, 0.2) is 30.6 Å². The minimum Gasteiger partial charge on any atom is -0.370 e. The summed E-state index contributed by atoms with van der Waals surface area (Å²) < 4.78 is 0. The van der Waals surface area contributed by atoms with Crippen molar-refractivity contribution in [2.24, 2.45) is 0 Å². The van der Waals surface area contributed by atoms with Crippen molar-refractivity contribution in [2.75, 3.05) is 17.2 Å². The van der Waals surface area contributed by atoms with E-state index in [1.807, 2.05) is 6.92 Å². The van der Waals surface area contributed by atoms with Crippen LogP contribution in [0.2, 0.25) is 5.02 Å². The molecule has 0 radical (unpaired) electrons. The van der Waals surface area contributed by atoms with Crippen LogP contribution >= 0.6 is 11.6 Å². The van der Waals surface area contributed by atoms with Crippen molar-refractivity contribution >= 4 is 29.3 Å². The number of amides is 1. The van der Waals surface area contributed by atoms with Gasteiger partial charge in [-0.05, 0) is 25.1 Å². The predicted octanol–water partition coefficient (Wildman–Crippen LogP) is 2.21. The topological polar surface area (TPSA) is 79.8 Å². The van der Waals surface area contributed by atoms with Crippen LogP contribution in [-0.4, -0.2) is 27.4 Å². The molecule has 0 spiro atoms. The molecular weight excluding hydrogens is 266 g/mol. The van der Waals surface area contributed by atoms with Gasteiger partial charge in [0.15, 0.2) is 0 Å². The third-order valence-electron chi connectivity index (χ3n) is 2.21. The van der Waals surface area contributed by atoms with Crippen molar-refractivity contribution in [3.63, 3.8) is 0 Å². The highest BCUT2D eigenvalue weighted by Gasteiger charge is 2.14. The molecule has 98 valence electrons. The predicted molar refractivity (Wildman–Crippen MR) is 73.4 cm³/mol. The van der Waals surface area contributed by atoms with Crippen molar-refractivity contribution in [3.8, 4) is 0 Å². The first-order chi connectivity index (χ1) is 9.20. The highest BCUT2D eigenvalue weighted by molar-refractivity contribution is 6.34. The Morgan fingerprint density at radius 3 is 2.74 bits per heavy atom. The molecule has 2 aromatic rings. The maximum Gasteiger partial charge on any atom is 0.278 e. The molecule has 7 heteroatoms. The summed E-state index contributed by atoms with van der Waals surface area (Å²) in [5, 5.41) is 5.82. The van der Waals surface area contributed by atoms with E-state index in [2.05, 4.69) is 25.6 Å². The number of halogens is 1. The molecule has 0 bridgehead atoms. The molecule has 0 aromatic carbocycles. The molecule has 19 heavy (non-hydrogen) atoms. The lowest BCUT2D eigenvalue weighted by Crippen LogP contribution is -2.17. The lowest BCUT2D eigenvalue weighted by molar-refractivity contribution is 0.102. The van der Waals surface area contributed by atoms with Crippen LogP contribution in [-0.2, 0) is 0 Å². The van der Waals surface area contributed by atoms with Crippen LogP contribution in [0.5, 0.6) is 0 Å². The third-order valence-corrected chi connectivity index (χ3v) is 2.52. The minimum absolute atomic E-state index is 0.132. The monoisotopic (exact) mass is 277 g/mol. The smallest absolute Gasteiger partial charge is 0.278 e. The molecule has 0 aliphatic rings. The normalized spacial score (nSPS) is 10.0. The molecule has 2 N–H and O–H groups in total. The second kappa shape index (κ2) is 6.10. The van der Waals surface area contributed by atoms with Gasteiger partial charge < -0.3 is 5.32 Å². The minimum atomic E-state index is -0.448. The Balaban J connectivity index is 2.21. The summed E-state index contributed by atoms with van der Waals surface area (Å²) in [6, 6.07) is 4.99. The molecule has 1 amide bonds. The molecule has 0 saturated heterocycles. The van der Waals surface area contributed by atoms with Crippen molar-refractivity contribution in [3.05, 3.63) is 41.3 Å². The third kappa shape index (κ3) is 3.38. The fourth-order valence-corrected chi connectivity index (χ4v) is 1.60. The number of pyridine rings is 1. The van der Waals surface area contributed by atoms with Crippen LogP contribution in [0.25, 0.3) is 0 Å². The molecular formula is C12H12ClN5O. The Kier molecular flexibility index (Phi) is 4.25. The van der Waals surface area contributed by atoms with E-state index in [9.17, 15) is 4.79 Å². The first kappa shape index (κ1) is 13.2. The van der Waals surface area contributed by atoms with E-state index in [1.165, 1.54) is 12.4 Å². The Labute approximate surface area is 115 Å². The van der Waals surface area contributed by atoms with Gasteiger partial charge >= 0.3 is 0 Å². The van der Waals surface area contributed by atoms with E-state index in [-0.39, 0.29) is 16.7 Å². The summed E-state index contributed by atoms with van der Waals surface area (Å²) >= 11 is 5.97. The van der Waals surface area contributed by atoms with Gasteiger partial charge in [0.25, 0.3) is 5.91 Å². The molecule has 2 rings (SSSR count). The zero-order chi connectivity index (χ0) is 13.7. The fourth-order valence-electron chi connectivity index (χ4n) is 1.41. The Bertz CT molecular complexity index is 576. The van der Waals surface area contributed by atoms with Crippen LogP contribution in [0.3, 0.4) is 0 Å². The van der Waals surface area contributed by atoms with Crippen molar-refractivity contribution < 1.29 is 4.79 Å². The van der Waals surface area contributed by atoms with Gasteiger partial charge in [-0.3, -0.25) is 10.1 Å². The standard InChI is InChI=1S/C12H12ClN5O/c1-2-14-9-5-4-8(13)10(17-9)11(19)18-12-15-6-3-7-16-12/h3-7H,2H2,1H3,(H,14,17)(H,15,16,18,19). The highest BCUT2D eigenvalue weighted by atomic mass is 35.5. The summed E-state index contributed by atoms with van der Waals surface area (Å²) in [6.07, 6.45) is 3.07. The van der Waals surface area contributed by atoms with E-state index in [4.69, 9.17) is 11.6 Å². The van der Waals surface area contributed by atoms with Crippen molar-refractivity contribution in [2.45, 2.75) is 6.92 Å². The molecule has 6 nitrogen and oxygen atoms in total. The molecule has 0 saturated carbocycles. The number of nitrogens with zero attached hydrogens (tertiary/aromatic N) is 3. The molecule has 0 atom stereocenters. The number of anilines is 2. The van der Waals surface area contributed by atoms with Crippen LogP contribution in [0.1, 0.15) is 17.4 Å². The second-order valence-electron chi connectivity index (χ2n) is 3.58. The summed E-state index contributed by atoms with van der Waals surface area (Å²) in [7, 11) is 0. The number of carbonyl (C=O) groups excluding carboxylic acids is 1. The highest BCUT2D eigenvalue weighted by Crippen LogP contribution is 2.17. The molecule has 0 aliphatic carbocycles. The van der Waals surface area contributed by atoms with Gasteiger partial charge in [0.05, 0.1) is 5.02 Å². The van der Waals surface area contributed by atoms with Crippen molar-refractivity contribution in [1.29, 1.82) is 0 Å². The molecule has 0 fully saturated rings. The maximum absolute atomic E-state index is 12.0. The van der Waals surface area contributed by atoms with Crippen LogP contribution < -0.4 is 10.6 Å². The Morgan fingerprint density at radius 2 is 2.05 bits per heavy atom. The fraction of sp³-hybridized carbons (Fsp3) is 0.167. The zero-order valence-electron chi connectivity index (χ0n) is 10.2. The van der Waals surface area contributed by atoms with Gasteiger partial charge in [0.2, 0.25) is 5.95 Å². The van der Waals surface area contributed by atoms with Crippen LogP contribution in [0, 0.1) is 0 Å². The van der Waals surface area contributed by atoms with E-state index >= 15 is 0 Å². The van der Waals surface area contributed by atoms with Gasteiger partial charge in [-0.25, -0.2) is 15.0 Å². The van der Waals surface area contributed by atoms with Gasteiger partial charge in [0, 0.05) is 18.9 Å². The Hall–Kier alpha value is -2.21. The van der Waals surface area contributed by atoms with Gasteiger partial charge in [-0.2, -0.15) is 0 Å². The van der Waals surface area contributed by atoms with Gasteiger partial charge in [-0.15, -0.1) is 0 Å². The summed E-state index contributed by atoms with van der Waals surface area (Å²) in [4.78, 5) is 24.0. The molecule has 2 aromatic heterocycles. The number of nitrogens with one attached hydrogen (secondary N) is 2. The van der Waals surface area contributed by atoms with E-state index in [1.54, 1.807) is 18.2 Å². The van der Waals surface area contributed by atoms with E-state index in [0.717, 1.165) is 0 Å². The van der Waals surface area contributed by atoms with Gasteiger partial charge in [0.1, 0.15) is 11.5 Å². The first-order valence-electron chi connectivity index (χ1n) is 5.69. The number of carbonyl (C=O) groups is 1.